The van der Waals surface area contributed by atoms with E-state index in [1.54, 1.807) is 0 Å². The first-order valence-electron chi connectivity index (χ1n) is 11.3. The summed E-state index contributed by atoms with van der Waals surface area (Å²) in [4.78, 5) is 15.9. The minimum absolute atomic E-state index is 0.0121. The van der Waals surface area contributed by atoms with Gasteiger partial charge in [0, 0.05) is 18.8 Å². The Kier molecular flexibility index (Phi) is 5.94. The Hall–Kier alpha value is -2.29. The molecule has 1 N–H and O–H groups in total. The van der Waals surface area contributed by atoms with Crippen molar-refractivity contribution >= 4 is 11.6 Å². The highest BCUT2D eigenvalue weighted by Gasteiger charge is 2.42. The Balaban J connectivity index is 1.45. The Bertz CT molecular complexity index is 808. The average molecular weight is 391 g/mol. The van der Waals surface area contributed by atoms with Crippen molar-refractivity contribution in [3.8, 4) is 0 Å². The zero-order chi connectivity index (χ0) is 20.3. The van der Waals surface area contributed by atoms with Gasteiger partial charge in [0.2, 0.25) is 5.91 Å². The Labute approximate surface area is 175 Å². The molecular weight excluding hydrogens is 356 g/mol. The molecule has 29 heavy (non-hydrogen) atoms. The van der Waals surface area contributed by atoms with Crippen molar-refractivity contribution in [1.82, 2.24) is 5.32 Å². The van der Waals surface area contributed by atoms with Crippen LogP contribution in [0.3, 0.4) is 0 Å². The van der Waals surface area contributed by atoms with Gasteiger partial charge in [-0.25, -0.2) is 0 Å². The molecule has 3 heteroatoms. The lowest BCUT2D eigenvalue weighted by Gasteiger charge is -2.33. The highest BCUT2D eigenvalue weighted by molar-refractivity contribution is 5.89. The first-order valence-corrected chi connectivity index (χ1v) is 11.3. The lowest BCUT2D eigenvalue weighted by atomic mass is 9.77. The maximum absolute atomic E-state index is 13.4. The summed E-state index contributed by atoms with van der Waals surface area (Å²) < 4.78 is 0. The van der Waals surface area contributed by atoms with E-state index in [9.17, 15) is 4.79 Å². The van der Waals surface area contributed by atoms with E-state index in [0.717, 1.165) is 50.3 Å². The number of carbonyl (C=O) groups excluding carboxylic acids is 1. The fourth-order valence-corrected chi connectivity index (χ4v) is 5.20. The van der Waals surface area contributed by atoms with Crippen LogP contribution in [0.2, 0.25) is 0 Å². The van der Waals surface area contributed by atoms with Gasteiger partial charge in [-0.15, -0.1) is 0 Å². The molecule has 1 aliphatic carbocycles. The minimum atomic E-state index is -0.362. The van der Waals surface area contributed by atoms with Gasteiger partial charge >= 0.3 is 0 Å². The average Bonchev–Trinajstić information content (AvgIpc) is 3.26. The lowest BCUT2D eigenvalue weighted by molar-refractivity contribution is -0.127. The molecule has 1 aliphatic heterocycles. The van der Waals surface area contributed by atoms with Crippen molar-refractivity contribution < 1.29 is 4.79 Å². The largest absolute Gasteiger partial charge is 0.371 e. The third kappa shape index (κ3) is 4.19. The van der Waals surface area contributed by atoms with E-state index >= 15 is 0 Å². The number of nitrogens with one attached hydrogen (secondary N) is 1. The number of carbonyl (C=O) groups is 1. The number of rotatable bonds is 5. The molecule has 3 nitrogen and oxygen atoms in total. The molecule has 1 amide bonds. The zero-order valence-corrected chi connectivity index (χ0v) is 17.9. The highest BCUT2D eigenvalue weighted by Crippen LogP contribution is 2.41. The summed E-state index contributed by atoms with van der Waals surface area (Å²) in [5.74, 6) is 0.949. The number of benzene rings is 2. The second-order valence-corrected chi connectivity index (χ2v) is 9.14. The molecule has 2 atom stereocenters. The van der Waals surface area contributed by atoms with E-state index < -0.39 is 0 Å². The monoisotopic (exact) mass is 390 g/mol. The summed E-state index contributed by atoms with van der Waals surface area (Å²) in [6, 6.07) is 19.2. The van der Waals surface area contributed by atoms with E-state index in [2.05, 4.69) is 60.5 Å². The summed E-state index contributed by atoms with van der Waals surface area (Å²) in [5.41, 5.74) is 3.28. The van der Waals surface area contributed by atoms with Crippen LogP contribution < -0.4 is 10.2 Å². The number of nitrogens with zero attached hydrogens (tertiary/aromatic N) is 1. The van der Waals surface area contributed by atoms with Gasteiger partial charge < -0.3 is 10.2 Å². The number of hydrogen-bond acceptors (Lipinski definition) is 2. The Morgan fingerprint density at radius 1 is 1.03 bits per heavy atom. The van der Waals surface area contributed by atoms with Crippen LogP contribution in [-0.4, -0.2) is 19.0 Å². The van der Waals surface area contributed by atoms with Gasteiger partial charge in [0.05, 0.1) is 11.5 Å². The molecule has 1 heterocycles. The molecule has 2 fully saturated rings. The molecule has 0 aromatic heterocycles. The summed E-state index contributed by atoms with van der Waals surface area (Å²) >= 11 is 0. The normalized spacial score (nSPS) is 22.3. The quantitative estimate of drug-likeness (QED) is 0.719. The van der Waals surface area contributed by atoms with Crippen LogP contribution >= 0.6 is 0 Å². The van der Waals surface area contributed by atoms with E-state index in [4.69, 9.17) is 0 Å². The molecule has 2 aromatic rings. The third-order valence-electron chi connectivity index (χ3n) is 6.98. The van der Waals surface area contributed by atoms with Gasteiger partial charge in [0.15, 0.2) is 0 Å². The van der Waals surface area contributed by atoms with Crippen molar-refractivity contribution in [3.63, 3.8) is 0 Å². The van der Waals surface area contributed by atoms with Crippen LogP contribution in [0.1, 0.15) is 69.5 Å². The molecule has 1 saturated carbocycles. The summed E-state index contributed by atoms with van der Waals surface area (Å²) in [6.07, 6.45) is 6.75. The van der Waals surface area contributed by atoms with E-state index in [1.165, 1.54) is 24.1 Å². The van der Waals surface area contributed by atoms with Crippen LogP contribution in [0.5, 0.6) is 0 Å². The molecule has 0 radical (unpaired) electrons. The lowest BCUT2D eigenvalue weighted by Crippen LogP contribution is -2.43. The maximum Gasteiger partial charge on any atom is 0.231 e. The van der Waals surface area contributed by atoms with Crippen LogP contribution in [0.15, 0.2) is 54.6 Å². The molecule has 2 aliphatic rings. The van der Waals surface area contributed by atoms with Crippen molar-refractivity contribution in [2.24, 2.45) is 5.92 Å². The van der Waals surface area contributed by atoms with Crippen molar-refractivity contribution in [2.45, 2.75) is 63.8 Å². The van der Waals surface area contributed by atoms with E-state index in [0.29, 0.717) is 0 Å². The molecule has 0 spiro atoms. The highest BCUT2D eigenvalue weighted by atomic mass is 16.2. The van der Waals surface area contributed by atoms with Crippen molar-refractivity contribution in [2.75, 3.05) is 18.0 Å². The third-order valence-corrected chi connectivity index (χ3v) is 6.98. The zero-order valence-electron chi connectivity index (χ0n) is 17.9. The van der Waals surface area contributed by atoms with Crippen LogP contribution in [-0.2, 0) is 10.2 Å². The maximum atomic E-state index is 13.4. The topological polar surface area (TPSA) is 32.3 Å². The molecule has 2 aromatic carbocycles. The van der Waals surface area contributed by atoms with Crippen molar-refractivity contribution in [3.05, 3.63) is 65.7 Å². The van der Waals surface area contributed by atoms with Gasteiger partial charge in [-0.05, 0) is 61.8 Å². The predicted molar refractivity (Wildman–Crippen MR) is 120 cm³/mol. The Morgan fingerprint density at radius 2 is 1.72 bits per heavy atom. The fourth-order valence-electron chi connectivity index (χ4n) is 5.20. The smallest absolute Gasteiger partial charge is 0.231 e. The molecule has 154 valence electrons. The second-order valence-electron chi connectivity index (χ2n) is 9.14. The predicted octanol–water partition coefficient (Wildman–Crippen LogP) is 5.61. The van der Waals surface area contributed by atoms with Crippen LogP contribution in [0.25, 0.3) is 0 Å². The molecule has 4 rings (SSSR count). The van der Waals surface area contributed by atoms with Gasteiger partial charge in [0.1, 0.15) is 0 Å². The SMILES string of the molecule is CC1CCCN(c2ccc(C(C)NC(=O)C3(c4ccccc4)CCCC3)cc2)C1. The molecule has 1 saturated heterocycles. The van der Waals surface area contributed by atoms with Crippen molar-refractivity contribution in [1.29, 1.82) is 0 Å². The first-order chi connectivity index (χ1) is 14.1. The van der Waals surface area contributed by atoms with E-state index in [-0.39, 0.29) is 17.4 Å². The van der Waals surface area contributed by atoms with Crippen LogP contribution in [0, 0.1) is 5.92 Å². The van der Waals surface area contributed by atoms with Crippen LogP contribution in [0.4, 0.5) is 5.69 Å². The summed E-state index contributed by atoms with van der Waals surface area (Å²) in [5, 5.41) is 3.33. The standard InChI is InChI=1S/C26H34N2O/c1-20-9-8-18-28(19-20)24-14-12-22(13-15-24)21(2)27-25(29)26(16-6-7-17-26)23-10-4-3-5-11-23/h3-5,10-15,20-21H,6-9,16-19H2,1-2H3,(H,27,29). The molecule has 2 unspecified atom stereocenters. The molecule has 0 bridgehead atoms. The van der Waals surface area contributed by atoms with Gasteiger partial charge in [0.25, 0.3) is 0 Å². The number of hydrogen-bond donors (Lipinski definition) is 1. The number of anilines is 1. The number of piperidine rings is 1. The van der Waals surface area contributed by atoms with Gasteiger partial charge in [-0.3, -0.25) is 4.79 Å². The van der Waals surface area contributed by atoms with E-state index in [1.807, 2.05) is 18.2 Å². The van der Waals surface area contributed by atoms with Gasteiger partial charge in [-0.1, -0.05) is 62.2 Å². The minimum Gasteiger partial charge on any atom is -0.371 e. The van der Waals surface area contributed by atoms with Gasteiger partial charge in [-0.2, -0.15) is 0 Å². The second kappa shape index (κ2) is 8.61. The summed E-state index contributed by atoms with van der Waals surface area (Å²) in [6.45, 7) is 6.73. The fraction of sp³-hybridized carbons (Fsp3) is 0.500. The number of amides is 1. The molecular formula is C26H34N2O. The summed E-state index contributed by atoms with van der Waals surface area (Å²) in [7, 11) is 0. The first kappa shape index (κ1) is 20.0. The Morgan fingerprint density at radius 3 is 2.38 bits per heavy atom.